The molecule has 3 rings (SSSR count). The van der Waals surface area contributed by atoms with Crippen molar-refractivity contribution in [2.75, 3.05) is 27.4 Å². The molecular formula is C14H23N3O3. The lowest BCUT2D eigenvalue weighted by atomic mass is 9.95. The molecule has 0 spiro atoms. The molecule has 2 heterocycles. The van der Waals surface area contributed by atoms with Crippen LogP contribution in [0.25, 0.3) is 0 Å². The molecule has 0 radical (unpaired) electrons. The molecule has 20 heavy (non-hydrogen) atoms. The quantitative estimate of drug-likeness (QED) is 0.903. The van der Waals surface area contributed by atoms with Crippen LogP contribution in [-0.2, 0) is 15.1 Å². The molecule has 1 saturated heterocycles. The van der Waals surface area contributed by atoms with Gasteiger partial charge in [0.05, 0.1) is 12.5 Å². The Kier molecular flexibility index (Phi) is 4.05. The molecule has 2 unspecified atom stereocenters. The molecule has 1 aliphatic carbocycles. The van der Waals surface area contributed by atoms with Crippen LogP contribution in [0, 0.1) is 0 Å². The predicted molar refractivity (Wildman–Crippen MR) is 72.5 cm³/mol. The average molecular weight is 281 g/mol. The van der Waals surface area contributed by atoms with E-state index in [1.165, 1.54) is 0 Å². The van der Waals surface area contributed by atoms with Crippen molar-refractivity contribution in [2.24, 2.45) is 0 Å². The molecule has 0 bridgehead atoms. The molecule has 2 aliphatic rings. The van der Waals surface area contributed by atoms with Crippen molar-refractivity contribution in [2.45, 2.75) is 49.7 Å². The van der Waals surface area contributed by atoms with Gasteiger partial charge in [-0.15, -0.1) is 0 Å². The number of rotatable bonds is 4. The first kappa shape index (κ1) is 14.0. The third kappa shape index (κ3) is 2.36. The van der Waals surface area contributed by atoms with Gasteiger partial charge in [-0.2, -0.15) is 4.98 Å². The van der Waals surface area contributed by atoms with Crippen molar-refractivity contribution in [3.63, 3.8) is 0 Å². The Morgan fingerprint density at radius 1 is 1.35 bits per heavy atom. The van der Waals surface area contributed by atoms with Gasteiger partial charge in [0, 0.05) is 19.8 Å². The lowest BCUT2D eigenvalue weighted by molar-refractivity contribution is -0.0178. The second-order valence-electron chi connectivity index (χ2n) is 5.73. The number of aromatic nitrogens is 2. The fourth-order valence-corrected chi connectivity index (χ4v) is 3.36. The van der Waals surface area contributed by atoms with Crippen LogP contribution >= 0.6 is 0 Å². The normalized spacial score (nSPS) is 29.7. The minimum atomic E-state index is -0.341. The van der Waals surface area contributed by atoms with E-state index in [2.05, 4.69) is 15.5 Å². The fourth-order valence-electron chi connectivity index (χ4n) is 3.36. The van der Waals surface area contributed by atoms with E-state index in [1.54, 1.807) is 7.11 Å². The smallest absolute Gasteiger partial charge is 0.233 e. The molecule has 1 aliphatic heterocycles. The number of ether oxygens (including phenoxy) is 2. The zero-order valence-electron chi connectivity index (χ0n) is 12.2. The van der Waals surface area contributed by atoms with E-state index in [4.69, 9.17) is 14.0 Å². The van der Waals surface area contributed by atoms with Crippen LogP contribution in [0.1, 0.15) is 49.7 Å². The number of likely N-dealkylation sites (N-methyl/N-ethyl adjacent to an activating group) is 1. The Bertz CT molecular complexity index is 443. The Hall–Kier alpha value is -0.980. The molecule has 0 aromatic carbocycles. The van der Waals surface area contributed by atoms with Crippen LogP contribution in [-0.4, -0.2) is 43.6 Å². The SMILES string of the molecule is CNC1CCOCC1c1nc(C2(OC)CCCC2)no1. The van der Waals surface area contributed by atoms with Gasteiger partial charge in [-0.25, -0.2) is 0 Å². The summed E-state index contributed by atoms with van der Waals surface area (Å²) < 4.78 is 16.8. The van der Waals surface area contributed by atoms with E-state index >= 15 is 0 Å². The maximum Gasteiger partial charge on any atom is 0.233 e. The Labute approximate surface area is 119 Å². The highest BCUT2D eigenvalue weighted by atomic mass is 16.5. The molecule has 6 heteroatoms. The monoisotopic (exact) mass is 281 g/mol. The largest absolute Gasteiger partial charge is 0.381 e. The Morgan fingerprint density at radius 3 is 2.85 bits per heavy atom. The third-order valence-electron chi connectivity index (χ3n) is 4.70. The summed E-state index contributed by atoms with van der Waals surface area (Å²) in [6.07, 6.45) is 5.22. The molecule has 1 N–H and O–H groups in total. The summed E-state index contributed by atoms with van der Waals surface area (Å²) in [5.74, 6) is 1.50. The standard InChI is InChI=1S/C14H23N3O3/c1-15-11-5-8-19-9-10(11)12-16-13(17-20-12)14(18-2)6-3-4-7-14/h10-11,15H,3-9H2,1-2H3. The number of methoxy groups -OCH3 is 1. The highest BCUT2D eigenvalue weighted by molar-refractivity contribution is 5.08. The van der Waals surface area contributed by atoms with E-state index in [0.29, 0.717) is 24.4 Å². The highest BCUT2D eigenvalue weighted by Crippen LogP contribution is 2.40. The number of nitrogens with one attached hydrogen (secondary N) is 1. The van der Waals surface area contributed by atoms with Crippen molar-refractivity contribution < 1.29 is 14.0 Å². The lowest BCUT2D eigenvalue weighted by Gasteiger charge is -2.28. The first-order valence-electron chi connectivity index (χ1n) is 7.43. The van der Waals surface area contributed by atoms with E-state index in [1.807, 2.05) is 7.05 Å². The number of nitrogens with zero attached hydrogens (tertiary/aromatic N) is 2. The van der Waals surface area contributed by atoms with E-state index < -0.39 is 0 Å². The van der Waals surface area contributed by atoms with Gasteiger partial charge in [0.1, 0.15) is 5.60 Å². The Morgan fingerprint density at radius 2 is 2.15 bits per heavy atom. The van der Waals surface area contributed by atoms with E-state index in [0.717, 1.165) is 38.7 Å². The lowest BCUT2D eigenvalue weighted by Crippen LogP contribution is -2.39. The van der Waals surface area contributed by atoms with Gasteiger partial charge < -0.3 is 19.3 Å². The van der Waals surface area contributed by atoms with Gasteiger partial charge in [0.2, 0.25) is 11.7 Å². The minimum Gasteiger partial charge on any atom is -0.381 e. The minimum absolute atomic E-state index is 0.130. The van der Waals surface area contributed by atoms with Gasteiger partial charge in [-0.1, -0.05) is 5.16 Å². The molecule has 1 aromatic heterocycles. The van der Waals surface area contributed by atoms with Crippen molar-refractivity contribution in [1.29, 1.82) is 0 Å². The molecule has 0 amide bonds. The van der Waals surface area contributed by atoms with Crippen molar-refractivity contribution in [3.8, 4) is 0 Å². The summed E-state index contributed by atoms with van der Waals surface area (Å²) in [7, 11) is 3.70. The molecule has 112 valence electrons. The van der Waals surface area contributed by atoms with Crippen LogP contribution in [0.4, 0.5) is 0 Å². The van der Waals surface area contributed by atoms with Gasteiger partial charge in [-0.3, -0.25) is 0 Å². The molecular weight excluding hydrogens is 258 g/mol. The van der Waals surface area contributed by atoms with Crippen LogP contribution in [0.15, 0.2) is 4.52 Å². The Balaban J connectivity index is 1.82. The second kappa shape index (κ2) is 5.79. The maximum atomic E-state index is 5.71. The van der Waals surface area contributed by atoms with Gasteiger partial charge in [-0.05, 0) is 39.2 Å². The number of hydrogen-bond donors (Lipinski definition) is 1. The average Bonchev–Trinajstić information content (AvgIpc) is 3.16. The molecule has 2 atom stereocenters. The summed E-state index contributed by atoms with van der Waals surface area (Å²) in [5.41, 5.74) is -0.341. The summed E-state index contributed by atoms with van der Waals surface area (Å²) in [6.45, 7) is 1.41. The van der Waals surface area contributed by atoms with Gasteiger partial charge >= 0.3 is 0 Å². The van der Waals surface area contributed by atoms with Gasteiger partial charge in [0.25, 0.3) is 0 Å². The first-order chi connectivity index (χ1) is 9.79. The molecule has 6 nitrogen and oxygen atoms in total. The molecule has 1 aromatic rings. The van der Waals surface area contributed by atoms with Crippen LogP contribution in [0.3, 0.4) is 0 Å². The van der Waals surface area contributed by atoms with Crippen molar-refractivity contribution in [3.05, 3.63) is 11.7 Å². The second-order valence-corrected chi connectivity index (χ2v) is 5.73. The fraction of sp³-hybridized carbons (Fsp3) is 0.857. The van der Waals surface area contributed by atoms with Crippen molar-refractivity contribution in [1.82, 2.24) is 15.5 Å². The summed E-state index contributed by atoms with van der Waals surface area (Å²) in [5, 5.41) is 7.51. The topological polar surface area (TPSA) is 69.4 Å². The predicted octanol–water partition coefficient (Wildman–Crippen LogP) is 1.58. The summed E-state index contributed by atoms with van der Waals surface area (Å²) >= 11 is 0. The zero-order valence-corrected chi connectivity index (χ0v) is 12.2. The summed E-state index contributed by atoms with van der Waals surface area (Å²) in [6, 6.07) is 0.333. The first-order valence-corrected chi connectivity index (χ1v) is 7.43. The third-order valence-corrected chi connectivity index (χ3v) is 4.70. The van der Waals surface area contributed by atoms with Crippen molar-refractivity contribution >= 4 is 0 Å². The number of hydrogen-bond acceptors (Lipinski definition) is 6. The van der Waals surface area contributed by atoms with E-state index in [-0.39, 0.29) is 11.5 Å². The van der Waals surface area contributed by atoms with Gasteiger partial charge in [0.15, 0.2) is 0 Å². The zero-order chi connectivity index (χ0) is 14.0. The summed E-state index contributed by atoms with van der Waals surface area (Å²) in [4.78, 5) is 4.63. The van der Waals surface area contributed by atoms with Crippen LogP contribution in [0.2, 0.25) is 0 Å². The maximum absolute atomic E-state index is 5.71. The van der Waals surface area contributed by atoms with Crippen LogP contribution in [0.5, 0.6) is 0 Å². The van der Waals surface area contributed by atoms with Crippen LogP contribution < -0.4 is 5.32 Å². The highest BCUT2D eigenvalue weighted by Gasteiger charge is 2.41. The van der Waals surface area contributed by atoms with E-state index in [9.17, 15) is 0 Å². The molecule has 1 saturated carbocycles. The molecule has 2 fully saturated rings.